The minimum Gasteiger partial charge on any atom is -0.497 e. The SMILES string of the molecule is COc1ccc(-c2oc3c(c(C)cc4oc(=O)cc(C)c43)c2CC(=O)NCc2nccc(OC)c2OC)cc1. The molecule has 0 fully saturated rings. The van der Waals surface area contributed by atoms with Gasteiger partial charge in [-0.15, -0.1) is 0 Å². The number of fused-ring (bicyclic) bond motifs is 3. The maximum atomic E-state index is 13.3. The maximum absolute atomic E-state index is 13.3. The zero-order valence-electron chi connectivity index (χ0n) is 22.3. The van der Waals surface area contributed by atoms with Crippen LogP contribution in [-0.2, 0) is 17.8 Å². The van der Waals surface area contributed by atoms with Crippen molar-refractivity contribution in [1.82, 2.24) is 10.3 Å². The van der Waals surface area contributed by atoms with Crippen molar-refractivity contribution in [2.75, 3.05) is 21.3 Å². The molecule has 0 radical (unpaired) electrons. The molecule has 9 nitrogen and oxygen atoms in total. The lowest BCUT2D eigenvalue weighted by atomic mass is 9.97. The van der Waals surface area contributed by atoms with E-state index in [4.69, 9.17) is 23.0 Å². The topological polar surface area (TPSA) is 113 Å². The monoisotopic (exact) mass is 528 g/mol. The molecular formula is C30H28N2O7. The number of amides is 1. The number of methoxy groups -OCH3 is 3. The van der Waals surface area contributed by atoms with E-state index in [1.807, 2.05) is 44.2 Å². The van der Waals surface area contributed by atoms with Crippen molar-refractivity contribution in [3.63, 3.8) is 0 Å². The fraction of sp³-hybridized carbons (Fsp3) is 0.233. The number of aromatic nitrogens is 1. The zero-order chi connectivity index (χ0) is 27.7. The Morgan fingerprint density at radius 3 is 2.36 bits per heavy atom. The lowest BCUT2D eigenvalue weighted by molar-refractivity contribution is -0.120. The van der Waals surface area contributed by atoms with E-state index in [0.29, 0.717) is 45.3 Å². The van der Waals surface area contributed by atoms with Gasteiger partial charge >= 0.3 is 5.63 Å². The summed E-state index contributed by atoms with van der Waals surface area (Å²) in [6, 6.07) is 12.4. The quantitative estimate of drug-likeness (QED) is 0.277. The van der Waals surface area contributed by atoms with Gasteiger partial charge in [0.05, 0.1) is 39.7 Å². The molecule has 0 atom stereocenters. The third-order valence-electron chi connectivity index (χ3n) is 6.67. The Bertz CT molecular complexity index is 1750. The Labute approximate surface area is 224 Å². The second-order valence-corrected chi connectivity index (χ2v) is 9.10. The molecule has 0 saturated heterocycles. The number of nitrogens with zero attached hydrogens (tertiary/aromatic N) is 1. The van der Waals surface area contributed by atoms with Gasteiger partial charge in [0.2, 0.25) is 5.91 Å². The summed E-state index contributed by atoms with van der Waals surface area (Å²) in [7, 11) is 4.68. The van der Waals surface area contributed by atoms with E-state index in [2.05, 4.69) is 10.3 Å². The summed E-state index contributed by atoms with van der Waals surface area (Å²) >= 11 is 0. The van der Waals surface area contributed by atoms with Gasteiger partial charge in [-0.25, -0.2) is 4.79 Å². The lowest BCUT2D eigenvalue weighted by Gasteiger charge is -2.12. The van der Waals surface area contributed by atoms with Crippen LogP contribution in [-0.4, -0.2) is 32.2 Å². The molecule has 0 bridgehead atoms. The number of hydrogen-bond acceptors (Lipinski definition) is 8. The van der Waals surface area contributed by atoms with Crippen LogP contribution in [0, 0.1) is 13.8 Å². The summed E-state index contributed by atoms with van der Waals surface area (Å²) in [5.74, 6) is 2.03. The van der Waals surface area contributed by atoms with Crippen molar-refractivity contribution in [2.24, 2.45) is 0 Å². The molecule has 9 heteroatoms. The number of hydrogen-bond donors (Lipinski definition) is 1. The number of rotatable bonds is 8. The van der Waals surface area contributed by atoms with Crippen molar-refractivity contribution in [3.8, 4) is 28.6 Å². The Hall–Kier alpha value is -4.79. The first-order chi connectivity index (χ1) is 18.8. The summed E-state index contributed by atoms with van der Waals surface area (Å²) < 4.78 is 28.0. The van der Waals surface area contributed by atoms with E-state index in [1.165, 1.54) is 13.2 Å². The maximum Gasteiger partial charge on any atom is 0.336 e. The molecule has 2 aromatic carbocycles. The molecule has 0 saturated carbocycles. The average molecular weight is 529 g/mol. The zero-order valence-corrected chi connectivity index (χ0v) is 22.3. The molecule has 1 amide bonds. The van der Waals surface area contributed by atoms with E-state index in [0.717, 1.165) is 27.6 Å². The summed E-state index contributed by atoms with van der Waals surface area (Å²) in [6.07, 6.45) is 1.65. The summed E-state index contributed by atoms with van der Waals surface area (Å²) in [4.78, 5) is 29.7. The number of pyridine rings is 1. The van der Waals surface area contributed by atoms with Crippen LogP contribution >= 0.6 is 0 Å². The second kappa shape index (κ2) is 10.5. The summed E-state index contributed by atoms with van der Waals surface area (Å²) in [5.41, 5.74) is 4.19. The highest BCUT2D eigenvalue weighted by molar-refractivity contribution is 6.09. The van der Waals surface area contributed by atoms with E-state index >= 15 is 0 Å². The van der Waals surface area contributed by atoms with E-state index < -0.39 is 5.63 Å². The Morgan fingerprint density at radius 2 is 1.67 bits per heavy atom. The molecule has 5 rings (SSSR count). The third-order valence-corrected chi connectivity index (χ3v) is 6.67. The van der Waals surface area contributed by atoms with Gasteiger partial charge in [0, 0.05) is 34.8 Å². The molecule has 0 aliphatic heterocycles. The number of furan rings is 1. The van der Waals surface area contributed by atoms with Crippen LogP contribution in [0.25, 0.3) is 33.3 Å². The fourth-order valence-corrected chi connectivity index (χ4v) is 4.88. The Balaban J connectivity index is 1.59. The van der Waals surface area contributed by atoms with Crippen LogP contribution in [0.2, 0.25) is 0 Å². The number of benzene rings is 2. The van der Waals surface area contributed by atoms with Crippen molar-refractivity contribution < 1.29 is 27.8 Å². The number of nitrogens with one attached hydrogen (secondary N) is 1. The second-order valence-electron chi connectivity index (χ2n) is 9.10. The summed E-state index contributed by atoms with van der Waals surface area (Å²) in [5, 5.41) is 4.44. The van der Waals surface area contributed by atoms with Crippen LogP contribution in [0.5, 0.6) is 17.2 Å². The molecule has 5 aromatic rings. The normalized spacial score (nSPS) is 11.1. The average Bonchev–Trinajstić information content (AvgIpc) is 3.30. The molecule has 3 heterocycles. The van der Waals surface area contributed by atoms with Crippen LogP contribution in [0.1, 0.15) is 22.4 Å². The van der Waals surface area contributed by atoms with Gasteiger partial charge in [-0.3, -0.25) is 9.78 Å². The molecule has 200 valence electrons. The van der Waals surface area contributed by atoms with Crippen molar-refractivity contribution in [1.29, 1.82) is 0 Å². The van der Waals surface area contributed by atoms with Gasteiger partial charge in [0.25, 0.3) is 0 Å². The molecule has 0 unspecified atom stereocenters. The van der Waals surface area contributed by atoms with Crippen molar-refractivity contribution in [3.05, 3.63) is 81.5 Å². The molecule has 0 aliphatic carbocycles. The van der Waals surface area contributed by atoms with E-state index in [-0.39, 0.29) is 18.9 Å². The van der Waals surface area contributed by atoms with Crippen LogP contribution < -0.4 is 25.2 Å². The predicted octanol–water partition coefficient (Wildman–Crippen LogP) is 5.10. The molecule has 0 aliphatic rings. The highest BCUT2D eigenvalue weighted by Crippen LogP contribution is 2.40. The number of carbonyl (C=O) groups is 1. The largest absolute Gasteiger partial charge is 0.497 e. The van der Waals surface area contributed by atoms with Crippen LogP contribution in [0.3, 0.4) is 0 Å². The number of ether oxygens (including phenoxy) is 3. The smallest absolute Gasteiger partial charge is 0.336 e. The minimum absolute atomic E-state index is 0.0445. The number of carbonyl (C=O) groups excluding carboxylic acids is 1. The van der Waals surface area contributed by atoms with Crippen LogP contribution in [0.15, 0.2) is 62.3 Å². The standard InChI is InChI=1S/C30H28N2O7/c1-16-12-23-27(17(2)13-25(34)38-23)30-26(16)20(28(39-30)18-6-8-19(35-3)9-7-18)14-24(33)32-15-21-29(37-5)22(36-4)10-11-31-21/h6-13H,14-15H2,1-5H3,(H,32,33). The van der Waals surface area contributed by atoms with Gasteiger partial charge in [-0.05, 0) is 55.3 Å². The first kappa shape index (κ1) is 25.8. The molecule has 0 spiro atoms. The van der Waals surface area contributed by atoms with Crippen molar-refractivity contribution in [2.45, 2.75) is 26.8 Å². The fourth-order valence-electron chi connectivity index (χ4n) is 4.88. The highest BCUT2D eigenvalue weighted by atomic mass is 16.5. The predicted molar refractivity (Wildman–Crippen MR) is 147 cm³/mol. The highest BCUT2D eigenvalue weighted by Gasteiger charge is 2.24. The molecule has 1 N–H and O–H groups in total. The van der Waals surface area contributed by atoms with Crippen LogP contribution in [0.4, 0.5) is 0 Å². The lowest BCUT2D eigenvalue weighted by Crippen LogP contribution is -2.25. The van der Waals surface area contributed by atoms with Gasteiger partial charge in [0.1, 0.15) is 28.4 Å². The molecular weight excluding hydrogens is 500 g/mol. The van der Waals surface area contributed by atoms with Gasteiger partial charge < -0.3 is 28.4 Å². The minimum atomic E-state index is -0.429. The first-order valence-corrected chi connectivity index (χ1v) is 12.3. The number of aryl methyl sites for hydroxylation is 2. The molecule has 3 aromatic heterocycles. The molecule has 39 heavy (non-hydrogen) atoms. The van der Waals surface area contributed by atoms with E-state index in [9.17, 15) is 9.59 Å². The Kier molecular flexibility index (Phi) is 6.98. The first-order valence-electron chi connectivity index (χ1n) is 12.3. The van der Waals surface area contributed by atoms with Gasteiger partial charge in [0.15, 0.2) is 11.5 Å². The van der Waals surface area contributed by atoms with Gasteiger partial charge in [-0.1, -0.05) is 0 Å². The van der Waals surface area contributed by atoms with Crippen molar-refractivity contribution >= 4 is 27.8 Å². The Morgan fingerprint density at radius 1 is 0.923 bits per heavy atom. The third kappa shape index (κ3) is 4.79. The summed E-state index contributed by atoms with van der Waals surface area (Å²) in [6.45, 7) is 3.90. The van der Waals surface area contributed by atoms with E-state index in [1.54, 1.807) is 26.5 Å². The van der Waals surface area contributed by atoms with Gasteiger partial charge in [-0.2, -0.15) is 0 Å².